The molecule has 1 aromatic carbocycles. The van der Waals surface area contributed by atoms with Crippen molar-refractivity contribution in [3.8, 4) is 16.5 Å². The quantitative estimate of drug-likeness (QED) is 0.298. The number of nitrogens with one attached hydrogen (secondary N) is 2. The Morgan fingerprint density at radius 1 is 1.20 bits per heavy atom. The molecule has 1 amide bonds. The number of aromatic nitrogens is 2. The molecule has 5 rings (SSSR count). The molecular formula is C31H40N4O4S. The van der Waals surface area contributed by atoms with Crippen LogP contribution in [-0.4, -0.2) is 59.0 Å². The highest BCUT2D eigenvalue weighted by Crippen LogP contribution is 2.48. The first kappa shape index (κ1) is 28.7. The van der Waals surface area contributed by atoms with Gasteiger partial charge in [-0.15, -0.1) is 11.3 Å². The molecule has 3 N–H and O–H groups in total. The van der Waals surface area contributed by atoms with Gasteiger partial charge in [0.1, 0.15) is 17.2 Å². The Morgan fingerprint density at radius 2 is 2.00 bits per heavy atom. The molecule has 214 valence electrons. The van der Waals surface area contributed by atoms with Gasteiger partial charge in [-0.1, -0.05) is 38.1 Å². The molecule has 3 aromatic rings. The minimum absolute atomic E-state index is 0.0196. The van der Waals surface area contributed by atoms with Gasteiger partial charge in [0.25, 0.3) is 0 Å². The van der Waals surface area contributed by atoms with Gasteiger partial charge in [-0.3, -0.25) is 4.79 Å². The summed E-state index contributed by atoms with van der Waals surface area (Å²) < 4.78 is 11.4. The zero-order chi connectivity index (χ0) is 28.1. The molecule has 0 radical (unpaired) electrons. The van der Waals surface area contributed by atoms with Crippen molar-refractivity contribution in [2.45, 2.75) is 76.2 Å². The molecule has 3 atom stereocenters. The summed E-state index contributed by atoms with van der Waals surface area (Å²) in [4.78, 5) is 21.6. The molecule has 0 unspecified atom stereocenters. The summed E-state index contributed by atoms with van der Waals surface area (Å²) in [6, 6.07) is 9.87. The number of aliphatic hydroxyl groups excluding tert-OH is 1. The maximum absolute atomic E-state index is 12.5. The second kappa shape index (κ2) is 12.8. The Bertz CT molecular complexity index is 1260. The number of carbonyl (C=O) groups is 1. The van der Waals surface area contributed by atoms with Crippen LogP contribution in [0.1, 0.15) is 62.3 Å². The van der Waals surface area contributed by atoms with E-state index in [0.29, 0.717) is 24.8 Å². The van der Waals surface area contributed by atoms with Crippen molar-refractivity contribution in [1.29, 1.82) is 0 Å². The Hall–Kier alpha value is -2.85. The summed E-state index contributed by atoms with van der Waals surface area (Å²) in [5, 5.41) is 20.9. The van der Waals surface area contributed by atoms with Gasteiger partial charge in [0, 0.05) is 55.0 Å². The van der Waals surface area contributed by atoms with E-state index in [0.717, 1.165) is 53.8 Å². The van der Waals surface area contributed by atoms with Crippen molar-refractivity contribution in [2.24, 2.45) is 5.92 Å². The molecular weight excluding hydrogens is 524 g/mol. The number of amides is 1. The van der Waals surface area contributed by atoms with Crippen molar-refractivity contribution in [3.05, 3.63) is 64.8 Å². The summed E-state index contributed by atoms with van der Waals surface area (Å²) in [6.07, 6.45) is 8.41. The van der Waals surface area contributed by atoms with Gasteiger partial charge in [-0.2, -0.15) is 0 Å². The van der Waals surface area contributed by atoms with Crippen LogP contribution in [0, 0.1) is 5.92 Å². The number of rotatable bonds is 12. The lowest BCUT2D eigenvalue weighted by molar-refractivity contribution is -0.126. The van der Waals surface area contributed by atoms with Gasteiger partial charge in [-0.25, -0.2) is 9.97 Å². The van der Waals surface area contributed by atoms with Crippen molar-refractivity contribution in [3.63, 3.8) is 0 Å². The largest absolute Gasteiger partial charge is 0.471 e. The SMILES string of the molecule is COCC(=O)N[C@@H](Cc1ccc(-c2nccs2)cc1)[C@H](O)CN[C@H]1CC2(CCC2)Oc2ncc(CC(C)C)cc21. The van der Waals surface area contributed by atoms with E-state index in [-0.39, 0.29) is 24.2 Å². The number of ether oxygens (including phenoxy) is 2. The van der Waals surface area contributed by atoms with E-state index in [1.807, 2.05) is 35.8 Å². The van der Waals surface area contributed by atoms with E-state index in [1.165, 1.54) is 12.7 Å². The fourth-order valence-electron chi connectivity index (χ4n) is 5.69. The molecule has 2 aromatic heterocycles. The zero-order valence-electron chi connectivity index (χ0n) is 23.6. The van der Waals surface area contributed by atoms with E-state index < -0.39 is 12.1 Å². The number of nitrogens with zero attached hydrogens (tertiary/aromatic N) is 2. The number of carbonyl (C=O) groups excluding carboxylic acids is 1. The van der Waals surface area contributed by atoms with Gasteiger partial charge in [0.05, 0.1) is 12.1 Å². The Balaban J connectivity index is 1.30. The summed E-state index contributed by atoms with van der Waals surface area (Å²) >= 11 is 1.60. The first-order chi connectivity index (χ1) is 19.3. The summed E-state index contributed by atoms with van der Waals surface area (Å²) in [7, 11) is 1.49. The molecule has 1 fully saturated rings. The maximum atomic E-state index is 12.5. The number of benzene rings is 1. The first-order valence-corrected chi connectivity index (χ1v) is 15.1. The predicted molar refractivity (Wildman–Crippen MR) is 156 cm³/mol. The van der Waals surface area contributed by atoms with Crippen LogP contribution in [0.5, 0.6) is 5.88 Å². The molecule has 3 heterocycles. The van der Waals surface area contributed by atoms with Crippen LogP contribution in [-0.2, 0) is 22.4 Å². The van der Waals surface area contributed by atoms with Crippen LogP contribution >= 0.6 is 11.3 Å². The smallest absolute Gasteiger partial charge is 0.246 e. The molecule has 0 bridgehead atoms. The first-order valence-electron chi connectivity index (χ1n) is 14.2. The number of thiazole rings is 1. The lowest BCUT2D eigenvalue weighted by Gasteiger charge is -2.47. The molecule has 8 nitrogen and oxygen atoms in total. The topological polar surface area (TPSA) is 106 Å². The standard InChI is InChI=1S/C31H40N4O4S/c1-20(2)13-22-14-24-26(16-31(9-4-10-31)39-29(24)34-17-22)33-18-27(36)25(35-28(37)19-38-3)15-21-5-7-23(8-6-21)30-32-11-12-40-30/h5-8,11-12,14,17,20,25-27,33,36H,4,9-10,13,15-16,18-19H2,1-3H3,(H,35,37)/t25-,26-,27+/m0/s1. The third-order valence-electron chi connectivity index (χ3n) is 7.86. The highest BCUT2D eigenvalue weighted by Gasteiger charge is 2.46. The summed E-state index contributed by atoms with van der Waals surface area (Å²) in [5.41, 5.74) is 4.15. The van der Waals surface area contributed by atoms with Crippen LogP contribution in [0.15, 0.2) is 48.1 Å². The fraction of sp³-hybridized carbons (Fsp3) is 0.516. The van der Waals surface area contributed by atoms with Crippen molar-refractivity contribution < 1.29 is 19.4 Å². The average Bonchev–Trinajstić information content (AvgIpc) is 3.45. The Labute approximate surface area is 240 Å². The Morgan fingerprint density at radius 3 is 2.65 bits per heavy atom. The average molecular weight is 565 g/mol. The van der Waals surface area contributed by atoms with Gasteiger partial charge in [-0.05, 0) is 55.2 Å². The fourth-order valence-corrected chi connectivity index (χ4v) is 6.34. The molecule has 1 aliphatic carbocycles. The normalized spacial score (nSPS) is 19.0. The van der Waals surface area contributed by atoms with Gasteiger partial charge in [0.15, 0.2) is 0 Å². The summed E-state index contributed by atoms with van der Waals surface area (Å²) in [5.74, 6) is 0.983. The van der Waals surface area contributed by atoms with Crippen LogP contribution < -0.4 is 15.4 Å². The third kappa shape index (κ3) is 6.89. The van der Waals surface area contributed by atoms with Crippen LogP contribution in [0.25, 0.3) is 10.6 Å². The lowest BCUT2D eigenvalue weighted by atomic mass is 9.73. The van der Waals surface area contributed by atoms with Crippen LogP contribution in [0.3, 0.4) is 0 Å². The predicted octanol–water partition coefficient (Wildman–Crippen LogP) is 4.47. The second-order valence-corrected chi connectivity index (χ2v) is 12.4. The van der Waals surface area contributed by atoms with E-state index in [9.17, 15) is 9.90 Å². The second-order valence-electron chi connectivity index (χ2n) is 11.6. The van der Waals surface area contributed by atoms with Gasteiger partial charge < -0.3 is 25.2 Å². The van der Waals surface area contributed by atoms with Gasteiger partial charge in [0.2, 0.25) is 11.8 Å². The lowest BCUT2D eigenvalue weighted by Crippen LogP contribution is -2.52. The molecule has 1 spiro atoms. The van der Waals surface area contributed by atoms with Gasteiger partial charge >= 0.3 is 0 Å². The number of hydrogen-bond acceptors (Lipinski definition) is 8. The van der Waals surface area contributed by atoms with E-state index in [4.69, 9.17) is 14.5 Å². The molecule has 1 aliphatic heterocycles. The van der Waals surface area contributed by atoms with Crippen molar-refractivity contribution in [2.75, 3.05) is 20.3 Å². The van der Waals surface area contributed by atoms with Crippen molar-refractivity contribution >= 4 is 17.2 Å². The number of methoxy groups -OCH3 is 1. The molecule has 2 aliphatic rings. The molecule has 1 saturated carbocycles. The van der Waals surface area contributed by atoms with Crippen LogP contribution in [0.4, 0.5) is 0 Å². The monoisotopic (exact) mass is 564 g/mol. The van der Waals surface area contributed by atoms with E-state index in [2.05, 4.69) is 35.5 Å². The number of fused-ring (bicyclic) bond motifs is 1. The number of aliphatic hydroxyl groups is 1. The highest BCUT2D eigenvalue weighted by molar-refractivity contribution is 7.13. The minimum Gasteiger partial charge on any atom is -0.471 e. The van der Waals surface area contributed by atoms with E-state index in [1.54, 1.807) is 17.5 Å². The summed E-state index contributed by atoms with van der Waals surface area (Å²) in [6.45, 7) is 4.68. The molecule has 0 saturated heterocycles. The number of hydrogen-bond donors (Lipinski definition) is 3. The maximum Gasteiger partial charge on any atom is 0.246 e. The van der Waals surface area contributed by atoms with Crippen LogP contribution in [0.2, 0.25) is 0 Å². The molecule has 9 heteroatoms. The zero-order valence-corrected chi connectivity index (χ0v) is 24.4. The van der Waals surface area contributed by atoms with E-state index >= 15 is 0 Å². The third-order valence-corrected chi connectivity index (χ3v) is 8.68. The molecule has 40 heavy (non-hydrogen) atoms. The van der Waals surface area contributed by atoms with Crippen molar-refractivity contribution in [1.82, 2.24) is 20.6 Å². The number of pyridine rings is 1. The Kier molecular flexibility index (Phi) is 9.15. The highest BCUT2D eigenvalue weighted by atomic mass is 32.1. The minimum atomic E-state index is -0.810.